The second kappa shape index (κ2) is 9.21. The summed E-state index contributed by atoms with van der Waals surface area (Å²) in [7, 11) is 0. The third-order valence-electron chi connectivity index (χ3n) is 3.64. The molecule has 0 N–H and O–H groups in total. The zero-order valence-electron chi connectivity index (χ0n) is 15.8. The number of hydrogen-bond acceptors (Lipinski definition) is 4. The molecule has 0 aromatic heterocycles. The van der Waals surface area contributed by atoms with Crippen LogP contribution >= 0.6 is 0 Å². The minimum atomic E-state index is 0.270. The van der Waals surface area contributed by atoms with Crippen molar-refractivity contribution >= 4 is 0 Å². The summed E-state index contributed by atoms with van der Waals surface area (Å²) in [6, 6.07) is 0. The van der Waals surface area contributed by atoms with Gasteiger partial charge in [0.15, 0.2) is 0 Å². The fourth-order valence-electron chi connectivity index (χ4n) is 2.38. The lowest BCUT2D eigenvalue weighted by Crippen LogP contribution is -2.48. The molecule has 0 atom stereocenters. The Balaban J connectivity index is 2.01. The Kier molecular flexibility index (Phi) is 8.33. The van der Waals surface area contributed by atoms with Gasteiger partial charge in [-0.2, -0.15) is 0 Å². The van der Waals surface area contributed by atoms with Crippen molar-refractivity contribution in [3.63, 3.8) is 0 Å². The minimum Gasteiger partial charge on any atom is -0.380 e. The van der Waals surface area contributed by atoms with Crippen LogP contribution in [0.1, 0.15) is 41.5 Å². The molecule has 1 saturated heterocycles. The summed E-state index contributed by atoms with van der Waals surface area (Å²) < 4.78 is 11.5. The lowest BCUT2D eigenvalue weighted by Gasteiger charge is -2.34. The highest BCUT2D eigenvalue weighted by Crippen LogP contribution is 2.13. The van der Waals surface area contributed by atoms with E-state index in [1.165, 1.54) is 0 Å². The fourth-order valence-corrected chi connectivity index (χ4v) is 2.38. The summed E-state index contributed by atoms with van der Waals surface area (Å²) in [6.07, 6.45) is 0. The maximum Gasteiger partial charge on any atom is 0.0593 e. The molecule has 0 aromatic carbocycles. The quantitative estimate of drug-likeness (QED) is 0.643. The van der Waals surface area contributed by atoms with Crippen LogP contribution < -0.4 is 0 Å². The highest BCUT2D eigenvalue weighted by Gasteiger charge is 2.17. The minimum absolute atomic E-state index is 0.270. The molecule has 1 rings (SSSR count). The summed E-state index contributed by atoms with van der Waals surface area (Å²) in [5.74, 6) is 0. The Labute approximate surface area is 138 Å². The van der Waals surface area contributed by atoms with E-state index >= 15 is 0 Å². The van der Waals surface area contributed by atoms with Crippen LogP contribution in [0.2, 0.25) is 0 Å². The maximum atomic E-state index is 5.76. The van der Waals surface area contributed by atoms with Crippen molar-refractivity contribution in [2.45, 2.75) is 41.5 Å². The summed E-state index contributed by atoms with van der Waals surface area (Å²) in [6.45, 7) is 23.4. The summed E-state index contributed by atoms with van der Waals surface area (Å²) in [5.41, 5.74) is 0.539. The predicted octanol–water partition coefficient (Wildman–Crippen LogP) is 2.73. The molecule has 1 heterocycles. The van der Waals surface area contributed by atoms with Crippen LogP contribution in [-0.4, -0.2) is 75.5 Å². The van der Waals surface area contributed by atoms with Crippen LogP contribution in [0.3, 0.4) is 0 Å². The molecule has 0 bridgehead atoms. The van der Waals surface area contributed by atoms with Gasteiger partial charge in [0.1, 0.15) is 0 Å². The van der Waals surface area contributed by atoms with Crippen LogP contribution in [0.15, 0.2) is 0 Å². The van der Waals surface area contributed by atoms with Crippen molar-refractivity contribution in [1.82, 2.24) is 9.80 Å². The summed E-state index contributed by atoms with van der Waals surface area (Å²) >= 11 is 0. The number of piperazine rings is 1. The smallest absolute Gasteiger partial charge is 0.0593 e. The van der Waals surface area contributed by atoms with E-state index < -0.39 is 0 Å². The molecule has 1 aliphatic rings. The van der Waals surface area contributed by atoms with Gasteiger partial charge in [0.05, 0.1) is 26.4 Å². The van der Waals surface area contributed by atoms with Gasteiger partial charge in [0, 0.05) is 39.3 Å². The van der Waals surface area contributed by atoms with Gasteiger partial charge >= 0.3 is 0 Å². The number of ether oxygens (including phenoxy) is 2. The molecule has 0 amide bonds. The van der Waals surface area contributed by atoms with Crippen molar-refractivity contribution in [3.8, 4) is 0 Å². The molecule has 0 radical (unpaired) electrons. The third kappa shape index (κ3) is 10.5. The van der Waals surface area contributed by atoms with Gasteiger partial charge in [-0.05, 0) is 10.8 Å². The zero-order chi connectivity index (χ0) is 16.6. The monoisotopic (exact) mass is 314 g/mol. The molecule has 4 heteroatoms. The van der Waals surface area contributed by atoms with Crippen LogP contribution in [0, 0.1) is 10.8 Å². The number of rotatable bonds is 8. The van der Waals surface area contributed by atoms with E-state index in [0.717, 1.165) is 65.7 Å². The Hall–Kier alpha value is -0.160. The predicted molar refractivity (Wildman–Crippen MR) is 93.4 cm³/mol. The molecule has 132 valence electrons. The van der Waals surface area contributed by atoms with Gasteiger partial charge in [0.2, 0.25) is 0 Å². The van der Waals surface area contributed by atoms with Crippen molar-refractivity contribution in [2.75, 3.05) is 65.7 Å². The molecule has 0 saturated carbocycles. The topological polar surface area (TPSA) is 24.9 Å². The Morgan fingerprint density at radius 3 is 1.23 bits per heavy atom. The van der Waals surface area contributed by atoms with Crippen molar-refractivity contribution in [3.05, 3.63) is 0 Å². The molecular formula is C18H38N2O2. The molecule has 0 spiro atoms. The first-order valence-corrected chi connectivity index (χ1v) is 8.76. The first kappa shape index (κ1) is 19.9. The van der Waals surface area contributed by atoms with E-state index in [4.69, 9.17) is 9.47 Å². The van der Waals surface area contributed by atoms with Crippen LogP contribution in [0.5, 0.6) is 0 Å². The molecule has 22 heavy (non-hydrogen) atoms. The molecule has 1 aliphatic heterocycles. The van der Waals surface area contributed by atoms with Gasteiger partial charge in [-0.15, -0.1) is 0 Å². The molecule has 0 unspecified atom stereocenters. The van der Waals surface area contributed by atoms with Crippen LogP contribution in [-0.2, 0) is 9.47 Å². The van der Waals surface area contributed by atoms with Gasteiger partial charge in [-0.1, -0.05) is 41.5 Å². The number of hydrogen-bond donors (Lipinski definition) is 0. The van der Waals surface area contributed by atoms with Gasteiger partial charge in [-0.25, -0.2) is 0 Å². The Morgan fingerprint density at radius 2 is 0.955 bits per heavy atom. The molecule has 4 nitrogen and oxygen atoms in total. The van der Waals surface area contributed by atoms with Gasteiger partial charge in [-0.3, -0.25) is 9.80 Å². The highest BCUT2D eigenvalue weighted by atomic mass is 16.5. The Bertz CT molecular complexity index is 256. The Morgan fingerprint density at radius 1 is 0.636 bits per heavy atom. The highest BCUT2D eigenvalue weighted by molar-refractivity contribution is 4.72. The van der Waals surface area contributed by atoms with E-state index in [0.29, 0.717) is 0 Å². The lowest BCUT2D eigenvalue weighted by atomic mass is 9.99. The molecule has 1 fully saturated rings. The molecule has 0 aliphatic carbocycles. The first-order chi connectivity index (χ1) is 10.2. The zero-order valence-corrected chi connectivity index (χ0v) is 15.8. The van der Waals surface area contributed by atoms with Gasteiger partial charge < -0.3 is 9.47 Å². The largest absolute Gasteiger partial charge is 0.380 e. The van der Waals surface area contributed by atoms with E-state index in [-0.39, 0.29) is 10.8 Å². The van der Waals surface area contributed by atoms with Crippen molar-refractivity contribution < 1.29 is 9.47 Å². The molecular weight excluding hydrogens is 276 g/mol. The maximum absolute atomic E-state index is 5.76. The fraction of sp³-hybridized carbons (Fsp3) is 1.00. The lowest BCUT2D eigenvalue weighted by molar-refractivity contribution is 0.0277. The summed E-state index contributed by atoms with van der Waals surface area (Å²) in [5, 5.41) is 0. The van der Waals surface area contributed by atoms with Crippen LogP contribution in [0.25, 0.3) is 0 Å². The first-order valence-electron chi connectivity index (χ1n) is 8.76. The van der Waals surface area contributed by atoms with Crippen molar-refractivity contribution in [1.29, 1.82) is 0 Å². The third-order valence-corrected chi connectivity index (χ3v) is 3.64. The van der Waals surface area contributed by atoms with E-state index in [9.17, 15) is 0 Å². The van der Waals surface area contributed by atoms with Crippen molar-refractivity contribution in [2.24, 2.45) is 10.8 Å². The standard InChI is InChI=1S/C18H38N2O2/c1-17(2,3)15-21-13-11-19-7-9-20(10-8-19)12-14-22-16-18(4,5)6/h7-16H2,1-6H3. The summed E-state index contributed by atoms with van der Waals surface area (Å²) in [4.78, 5) is 5.02. The normalized spacial score (nSPS) is 18.8. The SMILES string of the molecule is CC(C)(C)COCCN1CCN(CCOCC(C)(C)C)CC1. The molecule has 0 aromatic rings. The van der Waals surface area contributed by atoms with Gasteiger partial charge in [0.25, 0.3) is 0 Å². The second-order valence-electron chi connectivity index (χ2n) is 8.91. The van der Waals surface area contributed by atoms with Crippen LogP contribution in [0.4, 0.5) is 0 Å². The number of nitrogens with zero attached hydrogens (tertiary/aromatic N) is 2. The average Bonchev–Trinajstić information content (AvgIpc) is 2.39. The van der Waals surface area contributed by atoms with E-state index in [1.54, 1.807) is 0 Å². The van der Waals surface area contributed by atoms with E-state index in [2.05, 4.69) is 51.3 Å². The second-order valence-corrected chi connectivity index (χ2v) is 8.91. The average molecular weight is 315 g/mol. The van der Waals surface area contributed by atoms with E-state index in [1.807, 2.05) is 0 Å².